The summed E-state index contributed by atoms with van der Waals surface area (Å²) in [6.45, 7) is 0.938. The molecular weight excluding hydrogens is 261 g/mol. The molecule has 10 heteroatoms. The summed E-state index contributed by atoms with van der Waals surface area (Å²) in [5.74, 6) is -2.98. The van der Waals surface area contributed by atoms with Gasteiger partial charge in [0.15, 0.2) is 11.4 Å². The van der Waals surface area contributed by atoms with Gasteiger partial charge in [-0.2, -0.15) is 0 Å². The Morgan fingerprint density at radius 1 is 1.56 bits per heavy atom. The van der Waals surface area contributed by atoms with Crippen LogP contribution in [-0.2, 0) is 0 Å². The highest BCUT2D eigenvalue weighted by molar-refractivity contribution is 5.89. The summed E-state index contributed by atoms with van der Waals surface area (Å²) in [6, 6.07) is 0. The maximum atomic E-state index is 12.1. The highest BCUT2D eigenvalue weighted by Gasteiger charge is 2.36. The lowest BCUT2D eigenvalue weighted by atomic mass is 10.2. The minimum atomic E-state index is -5.17. The van der Waals surface area contributed by atoms with Crippen LogP contribution in [0.25, 0.3) is 0 Å². The molecule has 0 atom stereocenters. The van der Waals surface area contributed by atoms with E-state index in [2.05, 4.69) is 9.72 Å². The quantitative estimate of drug-likeness (QED) is 0.662. The Kier molecular flexibility index (Phi) is 3.39. The lowest BCUT2D eigenvalue weighted by molar-refractivity contribution is -0.386. The first-order valence-electron chi connectivity index (χ1n) is 4.26. The Labute approximate surface area is 97.0 Å². The molecule has 0 amide bonds. The summed E-state index contributed by atoms with van der Waals surface area (Å²) in [6.07, 6.45) is -4.62. The molecule has 1 aromatic heterocycles. The van der Waals surface area contributed by atoms with Gasteiger partial charge in [0.2, 0.25) is 0 Å². The molecule has 1 rings (SSSR count). The predicted molar refractivity (Wildman–Crippen MR) is 49.3 cm³/mol. The number of carboxylic acids is 1. The summed E-state index contributed by atoms with van der Waals surface area (Å²) in [4.78, 5) is 23.3. The Morgan fingerprint density at radius 3 is 2.50 bits per heavy atom. The molecule has 0 aromatic carbocycles. The normalized spacial score (nSPS) is 11.1. The van der Waals surface area contributed by atoms with Gasteiger partial charge in [0, 0.05) is 0 Å². The summed E-state index contributed by atoms with van der Waals surface area (Å²) in [5, 5.41) is 19.1. The Bertz CT molecular complexity index is 514. The topological polar surface area (TPSA) is 103 Å². The monoisotopic (exact) mass is 266 g/mol. The number of halogens is 3. The number of ether oxygens (including phenoxy) is 1. The van der Waals surface area contributed by atoms with Crippen molar-refractivity contribution in [2.45, 2.75) is 13.3 Å². The van der Waals surface area contributed by atoms with Crippen molar-refractivity contribution >= 4 is 11.7 Å². The van der Waals surface area contributed by atoms with Crippen molar-refractivity contribution in [1.82, 2.24) is 4.98 Å². The molecule has 1 aromatic rings. The van der Waals surface area contributed by atoms with Crippen LogP contribution in [0.1, 0.15) is 16.1 Å². The second kappa shape index (κ2) is 4.47. The van der Waals surface area contributed by atoms with Crippen molar-refractivity contribution in [3.63, 3.8) is 0 Å². The first-order chi connectivity index (χ1) is 8.13. The van der Waals surface area contributed by atoms with Gasteiger partial charge in [-0.15, -0.1) is 13.2 Å². The van der Waals surface area contributed by atoms with Crippen molar-refractivity contribution in [3.8, 4) is 5.75 Å². The Hall–Kier alpha value is -2.39. The van der Waals surface area contributed by atoms with Gasteiger partial charge in [-0.25, -0.2) is 9.78 Å². The van der Waals surface area contributed by atoms with Gasteiger partial charge in [0.25, 0.3) is 5.69 Å². The van der Waals surface area contributed by atoms with Crippen molar-refractivity contribution < 1.29 is 32.7 Å². The molecule has 0 aliphatic heterocycles. The van der Waals surface area contributed by atoms with E-state index in [0.717, 1.165) is 6.92 Å². The zero-order valence-electron chi connectivity index (χ0n) is 8.69. The molecule has 1 N–H and O–H groups in total. The maximum absolute atomic E-state index is 12.1. The SMILES string of the molecule is Cc1c([N+](=O)[O-])cnc(C(=O)O)c1OC(F)(F)F. The smallest absolute Gasteiger partial charge is 0.476 e. The second-order valence-electron chi connectivity index (χ2n) is 3.06. The molecule has 0 spiro atoms. The number of nitro groups is 1. The average Bonchev–Trinajstić information content (AvgIpc) is 2.17. The van der Waals surface area contributed by atoms with E-state index >= 15 is 0 Å². The van der Waals surface area contributed by atoms with E-state index < -0.39 is 39.9 Å². The first kappa shape index (κ1) is 13.7. The van der Waals surface area contributed by atoms with Gasteiger partial charge < -0.3 is 9.84 Å². The number of carbonyl (C=O) groups is 1. The van der Waals surface area contributed by atoms with E-state index in [1.165, 1.54) is 0 Å². The maximum Gasteiger partial charge on any atom is 0.573 e. The summed E-state index contributed by atoms with van der Waals surface area (Å²) >= 11 is 0. The van der Waals surface area contributed by atoms with Crippen LogP contribution in [-0.4, -0.2) is 27.3 Å². The molecular formula is C8H5F3N2O5. The molecule has 0 bridgehead atoms. The molecule has 0 fully saturated rings. The molecule has 0 aliphatic carbocycles. The molecule has 1 heterocycles. The van der Waals surface area contributed by atoms with Gasteiger partial charge in [0.05, 0.1) is 10.5 Å². The largest absolute Gasteiger partial charge is 0.573 e. The van der Waals surface area contributed by atoms with Crippen LogP contribution in [0.2, 0.25) is 0 Å². The van der Waals surface area contributed by atoms with Crippen molar-refractivity contribution in [3.05, 3.63) is 27.6 Å². The highest BCUT2D eigenvalue weighted by Crippen LogP contribution is 2.33. The van der Waals surface area contributed by atoms with E-state index in [4.69, 9.17) is 5.11 Å². The minimum Gasteiger partial charge on any atom is -0.476 e. The summed E-state index contributed by atoms with van der Waals surface area (Å²) in [7, 11) is 0. The highest BCUT2D eigenvalue weighted by atomic mass is 19.4. The lowest BCUT2D eigenvalue weighted by Crippen LogP contribution is -2.21. The van der Waals surface area contributed by atoms with Crippen LogP contribution < -0.4 is 4.74 Å². The number of pyridine rings is 1. The molecule has 0 saturated heterocycles. The molecule has 0 aliphatic rings. The van der Waals surface area contributed by atoms with Gasteiger partial charge >= 0.3 is 12.3 Å². The molecule has 0 unspecified atom stereocenters. The number of alkyl halides is 3. The minimum absolute atomic E-state index is 0.558. The van der Waals surface area contributed by atoms with E-state index in [1.54, 1.807) is 0 Å². The first-order valence-corrected chi connectivity index (χ1v) is 4.26. The fourth-order valence-corrected chi connectivity index (χ4v) is 1.15. The third kappa shape index (κ3) is 2.84. The number of aromatic nitrogens is 1. The summed E-state index contributed by atoms with van der Waals surface area (Å²) in [5.41, 5.74) is -2.38. The fraction of sp³-hybridized carbons (Fsp3) is 0.250. The van der Waals surface area contributed by atoms with Crippen molar-refractivity contribution in [2.24, 2.45) is 0 Å². The molecule has 0 radical (unpaired) electrons. The van der Waals surface area contributed by atoms with Gasteiger partial charge in [-0.1, -0.05) is 0 Å². The number of rotatable bonds is 3. The second-order valence-corrected chi connectivity index (χ2v) is 3.06. The molecule has 0 saturated carbocycles. The van der Waals surface area contributed by atoms with Gasteiger partial charge in [-0.05, 0) is 6.92 Å². The van der Waals surface area contributed by atoms with Gasteiger partial charge in [0.1, 0.15) is 6.20 Å². The average molecular weight is 266 g/mol. The third-order valence-corrected chi connectivity index (χ3v) is 1.87. The van der Waals surface area contributed by atoms with Crippen molar-refractivity contribution in [1.29, 1.82) is 0 Å². The molecule has 98 valence electrons. The third-order valence-electron chi connectivity index (χ3n) is 1.87. The number of nitrogens with zero attached hydrogens (tertiary/aromatic N) is 2. The Balaban J connectivity index is 3.45. The van der Waals surface area contributed by atoms with Crippen LogP contribution >= 0.6 is 0 Å². The standard InChI is InChI=1S/C8H5F3N2O5/c1-3-4(13(16)17)2-12-5(7(14)15)6(3)18-8(9,10)11/h2H,1H3,(H,14,15). The van der Waals surface area contributed by atoms with Crippen LogP contribution in [0.5, 0.6) is 5.75 Å². The van der Waals surface area contributed by atoms with E-state index in [1.807, 2.05) is 0 Å². The lowest BCUT2D eigenvalue weighted by Gasteiger charge is -2.12. The number of carboxylic acid groups (broad SMARTS) is 1. The zero-order valence-corrected chi connectivity index (χ0v) is 8.69. The van der Waals surface area contributed by atoms with Gasteiger partial charge in [-0.3, -0.25) is 10.1 Å². The number of hydrogen-bond acceptors (Lipinski definition) is 5. The van der Waals surface area contributed by atoms with E-state index in [9.17, 15) is 28.1 Å². The zero-order chi connectivity index (χ0) is 14.1. The summed E-state index contributed by atoms with van der Waals surface area (Å²) < 4.78 is 39.7. The molecule has 7 nitrogen and oxygen atoms in total. The van der Waals surface area contributed by atoms with Crippen LogP contribution in [0, 0.1) is 17.0 Å². The van der Waals surface area contributed by atoms with Crippen molar-refractivity contribution in [2.75, 3.05) is 0 Å². The van der Waals surface area contributed by atoms with E-state index in [0.29, 0.717) is 6.20 Å². The molecule has 18 heavy (non-hydrogen) atoms. The number of hydrogen-bond donors (Lipinski definition) is 1. The van der Waals surface area contributed by atoms with Crippen LogP contribution in [0.4, 0.5) is 18.9 Å². The predicted octanol–water partition coefficient (Wildman–Crippen LogP) is 1.90. The number of aromatic carboxylic acids is 1. The van der Waals surface area contributed by atoms with E-state index in [-0.39, 0.29) is 0 Å². The Morgan fingerprint density at radius 2 is 2.11 bits per heavy atom. The van der Waals surface area contributed by atoms with Crippen LogP contribution in [0.15, 0.2) is 6.20 Å². The fourth-order valence-electron chi connectivity index (χ4n) is 1.15. The van der Waals surface area contributed by atoms with Crippen LogP contribution in [0.3, 0.4) is 0 Å².